The molecule has 0 aromatic heterocycles. The lowest BCUT2D eigenvalue weighted by molar-refractivity contribution is 0.581. The summed E-state index contributed by atoms with van der Waals surface area (Å²) >= 11 is 12.3. The van der Waals surface area contributed by atoms with Crippen molar-refractivity contribution < 1.29 is 8.42 Å². The van der Waals surface area contributed by atoms with Crippen molar-refractivity contribution in [1.29, 1.82) is 0 Å². The lowest BCUT2D eigenvalue weighted by Crippen LogP contribution is -2.43. The largest absolute Gasteiger partial charge is 0.356 e. The van der Waals surface area contributed by atoms with Crippen molar-refractivity contribution in [1.82, 2.24) is 10.6 Å². The Morgan fingerprint density at radius 2 is 1.91 bits per heavy atom. The van der Waals surface area contributed by atoms with Gasteiger partial charge in [0.25, 0.3) is 0 Å². The van der Waals surface area contributed by atoms with Gasteiger partial charge < -0.3 is 10.6 Å². The first kappa shape index (κ1) is 20.1. The molecule has 130 valence electrons. The molecule has 0 saturated heterocycles. The Morgan fingerprint density at radius 3 is 2.43 bits per heavy atom. The Morgan fingerprint density at radius 1 is 1.30 bits per heavy atom. The van der Waals surface area contributed by atoms with E-state index in [4.69, 9.17) is 23.2 Å². The molecule has 1 atom stereocenters. The highest BCUT2D eigenvalue weighted by molar-refractivity contribution is 7.90. The standard InChI is InChI=1S/C15H23Cl2N3O2S/c1-11(8-10-23(3,21)22)20-15(18-2)19-9-7-12-13(16)5-4-6-14(12)17/h4-6,11H,7-10H2,1-3H3,(H2,18,19,20). The number of hydrogen-bond donors (Lipinski definition) is 2. The molecule has 2 N–H and O–H groups in total. The van der Waals surface area contributed by atoms with Crippen LogP contribution in [0.1, 0.15) is 18.9 Å². The molecule has 0 aliphatic heterocycles. The summed E-state index contributed by atoms with van der Waals surface area (Å²) in [6.45, 7) is 2.53. The molecule has 23 heavy (non-hydrogen) atoms. The number of halogens is 2. The van der Waals surface area contributed by atoms with E-state index in [1.807, 2.05) is 25.1 Å². The maximum Gasteiger partial charge on any atom is 0.191 e. The fourth-order valence-electron chi connectivity index (χ4n) is 1.97. The zero-order valence-corrected chi connectivity index (χ0v) is 15.9. The number of hydrogen-bond acceptors (Lipinski definition) is 3. The number of sulfone groups is 1. The summed E-state index contributed by atoms with van der Waals surface area (Å²) < 4.78 is 22.4. The Bertz CT molecular complexity index is 628. The molecule has 1 aromatic carbocycles. The van der Waals surface area contributed by atoms with Gasteiger partial charge in [-0.25, -0.2) is 8.42 Å². The van der Waals surface area contributed by atoms with E-state index in [9.17, 15) is 8.42 Å². The molecule has 0 aliphatic carbocycles. The molecular formula is C15H23Cl2N3O2S. The highest BCUT2D eigenvalue weighted by Crippen LogP contribution is 2.24. The van der Waals surface area contributed by atoms with Crippen molar-refractivity contribution in [3.05, 3.63) is 33.8 Å². The van der Waals surface area contributed by atoms with Gasteiger partial charge >= 0.3 is 0 Å². The minimum Gasteiger partial charge on any atom is -0.356 e. The molecule has 0 amide bonds. The fourth-order valence-corrected chi connectivity index (χ4v) is 3.34. The summed E-state index contributed by atoms with van der Waals surface area (Å²) in [6, 6.07) is 5.43. The normalized spacial score (nSPS) is 13.7. The van der Waals surface area contributed by atoms with Gasteiger partial charge in [-0.3, -0.25) is 4.99 Å². The van der Waals surface area contributed by atoms with Crippen molar-refractivity contribution >= 4 is 39.0 Å². The summed E-state index contributed by atoms with van der Waals surface area (Å²) in [5.74, 6) is 0.766. The zero-order chi connectivity index (χ0) is 17.5. The summed E-state index contributed by atoms with van der Waals surface area (Å²) in [5.41, 5.74) is 0.893. The van der Waals surface area contributed by atoms with E-state index in [1.54, 1.807) is 7.05 Å². The van der Waals surface area contributed by atoms with Crippen LogP contribution in [0.4, 0.5) is 0 Å². The molecule has 0 aliphatic rings. The van der Waals surface area contributed by atoms with E-state index in [0.29, 0.717) is 35.4 Å². The second-order valence-corrected chi connectivity index (χ2v) is 8.49. The number of nitrogens with one attached hydrogen (secondary N) is 2. The molecule has 1 unspecified atom stereocenters. The molecule has 0 radical (unpaired) electrons. The van der Waals surface area contributed by atoms with Gasteiger partial charge in [0.1, 0.15) is 9.84 Å². The van der Waals surface area contributed by atoms with Crippen molar-refractivity contribution in [2.75, 3.05) is 25.6 Å². The number of nitrogens with zero attached hydrogens (tertiary/aromatic N) is 1. The van der Waals surface area contributed by atoms with Gasteiger partial charge in [-0.1, -0.05) is 29.3 Å². The van der Waals surface area contributed by atoms with Crippen LogP contribution in [-0.2, 0) is 16.3 Å². The highest BCUT2D eigenvalue weighted by Gasteiger charge is 2.10. The van der Waals surface area contributed by atoms with Crippen LogP contribution in [0.25, 0.3) is 0 Å². The van der Waals surface area contributed by atoms with Crippen LogP contribution in [0.2, 0.25) is 10.0 Å². The molecule has 0 bridgehead atoms. The van der Waals surface area contributed by atoms with Crippen molar-refractivity contribution in [2.45, 2.75) is 25.8 Å². The number of benzene rings is 1. The van der Waals surface area contributed by atoms with Gasteiger partial charge in [0.05, 0.1) is 5.75 Å². The third kappa shape index (κ3) is 7.90. The Labute approximate surface area is 148 Å². The molecule has 8 heteroatoms. The summed E-state index contributed by atoms with van der Waals surface area (Å²) in [4.78, 5) is 4.13. The van der Waals surface area contributed by atoms with E-state index in [-0.39, 0.29) is 11.8 Å². The summed E-state index contributed by atoms with van der Waals surface area (Å²) in [7, 11) is -1.29. The quantitative estimate of drug-likeness (QED) is 0.563. The summed E-state index contributed by atoms with van der Waals surface area (Å²) in [6.07, 6.45) is 2.42. The zero-order valence-electron chi connectivity index (χ0n) is 13.6. The van der Waals surface area contributed by atoms with Crippen LogP contribution in [0.5, 0.6) is 0 Å². The van der Waals surface area contributed by atoms with E-state index in [0.717, 1.165) is 5.56 Å². The van der Waals surface area contributed by atoms with Crippen LogP contribution in [0.3, 0.4) is 0 Å². The number of guanidine groups is 1. The van der Waals surface area contributed by atoms with Crippen molar-refractivity contribution in [3.63, 3.8) is 0 Å². The predicted molar refractivity (Wildman–Crippen MR) is 98.5 cm³/mol. The highest BCUT2D eigenvalue weighted by atomic mass is 35.5. The minimum atomic E-state index is -2.95. The van der Waals surface area contributed by atoms with Crippen LogP contribution in [0, 0.1) is 0 Å². The monoisotopic (exact) mass is 379 g/mol. The second-order valence-electron chi connectivity index (χ2n) is 5.41. The van der Waals surface area contributed by atoms with Crippen LogP contribution in [-0.4, -0.2) is 46.0 Å². The Hall–Kier alpha value is -0.980. The first-order valence-electron chi connectivity index (χ1n) is 7.30. The van der Waals surface area contributed by atoms with Gasteiger partial charge in [0, 0.05) is 35.9 Å². The average molecular weight is 380 g/mol. The molecular weight excluding hydrogens is 357 g/mol. The van der Waals surface area contributed by atoms with Gasteiger partial charge in [0.15, 0.2) is 5.96 Å². The first-order chi connectivity index (χ1) is 10.7. The number of rotatable bonds is 7. The molecule has 0 spiro atoms. The van der Waals surface area contributed by atoms with Gasteiger partial charge in [-0.05, 0) is 37.5 Å². The lowest BCUT2D eigenvalue weighted by Gasteiger charge is -2.18. The SMILES string of the molecule is CN=C(NCCc1c(Cl)cccc1Cl)NC(C)CCS(C)(=O)=O. The number of aliphatic imine (C=N–C) groups is 1. The van der Waals surface area contributed by atoms with E-state index >= 15 is 0 Å². The molecule has 0 heterocycles. The third-order valence-corrected chi connectivity index (χ3v) is 4.94. The van der Waals surface area contributed by atoms with Gasteiger partial charge in [0.2, 0.25) is 0 Å². The van der Waals surface area contributed by atoms with Gasteiger partial charge in [-0.2, -0.15) is 0 Å². The maximum absolute atomic E-state index is 11.2. The molecule has 0 saturated carbocycles. The van der Waals surface area contributed by atoms with E-state index in [2.05, 4.69) is 15.6 Å². The van der Waals surface area contributed by atoms with E-state index < -0.39 is 9.84 Å². The fraction of sp³-hybridized carbons (Fsp3) is 0.533. The van der Waals surface area contributed by atoms with Crippen molar-refractivity contribution in [2.24, 2.45) is 4.99 Å². The predicted octanol–water partition coefficient (Wildman–Crippen LogP) is 2.52. The Kier molecular flexibility index (Phi) is 8.16. The Balaban J connectivity index is 2.46. The minimum absolute atomic E-state index is 0.000161. The average Bonchev–Trinajstić information content (AvgIpc) is 2.46. The van der Waals surface area contributed by atoms with Crippen LogP contribution in [0.15, 0.2) is 23.2 Å². The first-order valence-corrected chi connectivity index (χ1v) is 10.1. The van der Waals surface area contributed by atoms with Crippen molar-refractivity contribution in [3.8, 4) is 0 Å². The molecule has 5 nitrogen and oxygen atoms in total. The topological polar surface area (TPSA) is 70.6 Å². The van der Waals surface area contributed by atoms with Crippen LogP contribution < -0.4 is 10.6 Å². The maximum atomic E-state index is 11.2. The lowest BCUT2D eigenvalue weighted by atomic mass is 10.1. The van der Waals surface area contributed by atoms with E-state index in [1.165, 1.54) is 6.26 Å². The van der Waals surface area contributed by atoms with Crippen LogP contribution >= 0.6 is 23.2 Å². The molecule has 1 aromatic rings. The van der Waals surface area contributed by atoms with Gasteiger partial charge in [-0.15, -0.1) is 0 Å². The molecule has 1 rings (SSSR count). The molecule has 0 fully saturated rings. The smallest absolute Gasteiger partial charge is 0.191 e. The summed E-state index contributed by atoms with van der Waals surface area (Å²) in [5, 5.41) is 7.62. The second kappa shape index (κ2) is 9.35. The third-order valence-electron chi connectivity index (χ3n) is 3.26.